The summed E-state index contributed by atoms with van der Waals surface area (Å²) in [5.74, 6) is -0.319. The van der Waals surface area contributed by atoms with Gasteiger partial charge in [-0.3, -0.25) is 9.36 Å². The first kappa shape index (κ1) is 24.9. The van der Waals surface area contributed by atoms with Crippen LogP contribution in [0, 0.1) is 13.8 Å². The number of fused-ring (bicyclic) bond motifs is 1. The number of aryl methyl sites for hydroxylation is 2. The number of phenols is 1. The summed E-state index contributed by atoms with van der Waals surface area (Å²) in [4.78, 5) is 31.8. The molecule has 0 bridgehead atoms. The predicted octanol–water partition coefficient (Wildman–Crippen LogP) is 3.40. The molecule has 4 rings (SSSR count). The average Bonchev–Trinajstić information content (AvgIpc) is 3.11. The van der Waals surface area contributed by atoms with E-state index in [1.165, 1.54) is 23.0 Å². The number of thiazole rings is 1. The van der Waals surface area contributed by atoms with Crippen LogP contribution in [0.2, 0.25) is 5.02 Å². The largest absolute Gasteiger partial charge is 0.507 e. The van der Waals surface area contributed by atoms with Gasteiger partial charge in [0.1, 0.15) is 12.4 Å². The van der Waals surface area contributed by atoms with E-state index >= 15 is 0 Å². The standard InChI is InChI=1S/C26H25ClN2O5S/c1-14-11-17(12-15(2)23(14)30)13-20-24(31)29-22(18-5-7-19(27)8-6-18)21(16(3)28-26(29)35-20)25(32)34-10-9-33-4/h5-8,11-13,22,30H,9-10H2,1-4H3. The van der Waals surface area contributed by atoms with Crippen molar-refractivity contribution in [3.05, 3.63) is 94.6 Å². The lowest BCUT2D eigenvalue weighted by Gasteiger charge is -2.24. The highest BCUT2D eigenvalue weighted by Gasteiger charge is 2.33. The number of ether oxygens (including phenoxy) is 2. The molecule has 0 saturated heterocycles. The van der Waals surface area contributed by atoms with Gasteiger partial charge in [0.2, 0.25) is 0 Å². The van der Waals surface area contributed by atoms with E-state index in [2.05, 4.69) is 4.99 Å². The average molecular weight is 513 g/mol. The Kier molecular flexibility index (Phi) is 7.25. The maximum absolute atomic E-state index is 13.7. The fraction of sp³-hybridized carbons (Fsp3) is 0.269. The third kappa shape index (κ3) is 4.96. The van der Waals surface area contributed by atoms with E-state index in [0.29, 0.717) is 31.2 Å². The number of aromatic nitrogens is 1. The van der Waals surface area contributed by atoms with Crippen LogP contribution in [0.5, 0.6) is 5.75 Å². The smallest absolute Gasteiger partial charge is 0.338 e. The molecule has 1 aliphatic heterocycles. The molecular formula is C26H25ClN2O5S. The molecule has 0 saturated carbocycles. The fourth-order valence-corrected chi connectivity index (χ4v) is 5.24. The normalized spacial score (nSPS) is 15.7. The van der Waals surface area contributed by atoms with Crippen molar-refractivity contribution in [1.29, 1.82) is 0 Å². The van der Waals surface area contributed by atoms with Crippen molar-refractivity contribution in [2.75, 3.05) is 20.3 Å². The summed E-state index contributed by atoms with van der Waals surface area (Å²) in [7, 11) is 1.52. The number of phenolic OH excluding ortho intramolecular Hbond substituents is 1. The number of aromatic hydroxyl groups is 1. The van der Waals surface area contributed by atoms with E-state index in [0.717, 1.165) is 16.7 Å². The second kappa shape index (κ2) is 10.2. The first-order valence-electron chi connectivity index (χ1n) is 11.0. The van der Waals surface area contributed by atoms with Crippen molar-refractivity contribution in [2.24, 2.45) is 4.99 Å². The van der Waals surface area contributed by atoms with Gasteiger partial charge in [-0.1, -0.05) is 35.1 Å². The number of hydrogen-bond donors (Lipinski definition) is 1. The van der Waals surface area contributed by atoms with E-state index in [9.17, 15) is 14.7 Å². The van der Waals surface area contributed by atoms with Crippen molar-refractivity contribution in [1.82, 2.24) is 4.57 Å². The van der Waals surface area contributed by atoms with Crippen LogP contribution in [0.15, 0.2) is 57.5 Å². The van der Waals surface area contributed by atoms with Crippen LogP contribution in [-0.2, 0) is 14.3 Å². The lowest BCUT2D eigenvalue weighted by Crippen LogP contribution is -2.40. The quantitative estimate of drug-likeness (QED) is 0.404. The number of halogens is 1. The number of rotatable bonds is 6. The number of allylic oxidation sites excluding steroid dienone is 1. The molecule has 1 unspecified atom stereocenters. The van der Waals surface area contributed by atoms with Crippen molar-refractivity contribution in [3.63, 3.8) is 0 Å². The Morgan fingerprint density at radius 3 is 2.46 bits per heavy atom. The maximum atomic E-state index is 13.7. The first-order chi connectivity index (χ1) is 16.7. The van der Waals surface area contributed by atoms with E-state index in [1.54, 1.807) is 37.3 Å². The number of esters is 1. The number of hydrogen-bond acceptors (Lipinski definition) is 7. The van der Waals surface area contributed by atoms with Crippen LogP contribution in [0.3, 0.4) is 0 Å². The minimum absolute atomic E-state index is 0.0867. The van der Waals surface area contributed by atoms with Crippen LogP contribution in [0.1, 0.15) is 35.2 Å². The second-order valence-corrected chi connectivity index (χ2v) is 9.71. The van der Waals surface area contributed by atoms with Crippen molar-refractivity contribution < 1.29 is 19.4 Å². The molecule has 2 aromatic carbocycles. The highest BCUT2D eigenvalue weighted by molar-refractivity contribution is 7.07. The molecule has 2 heterocycles. The van der Waals surface area contributed by atoms with Crippen molar-refractivity contribution >= 4 is 35.0 Å². The molecule has 182 valence electrons. The molecule has 3 aromatic rings. The molecule has 0 aliphatic carbocycles. The molecule has 1 aliphatic rings. The van der Waals surface area contributed by atoms with E-state index in [-0.39, 0.29) is 24.5 Å². The third-order valence-electron chi connectivity index (χ3n) is 5.76. The Bertz CT molecular complexity index is 1480. The van der Waals surface area contributed by atoms with Crippen molar-refractivity contribution in [2.45, 2.75) is 26.8 Å². The molecule has 0 fully saturated rings. The van der Waals surface area contributed by atoms with Gasteiger partial charge in [0.15, 0.2) is 4.80 Å². The summed E-state index contributed by atoms with van der Waals surface area (Å²) in [6.45, 7) is 5.71. The zero-order valence-corrected chi connectivity index (χ0v) is 21.4. The Morgan fingerprint density at radius 1 is 1.17 bits per heavy atom. The summed E-state index contributed by atoms with van der Waals surface area (Å²) >= 11 is 7.35. The third-order valence-corrected chi connectivity index (χ3v) is 6.99. The lowest BCUT2D eigenvalue weighted by atomic mass is 9.96. The van der Waals surface area contributed by atoms with Crippen LogP contribution < -0.4 is 14.9 Å². The van der Waals surface area contributed by atoms with E-state index < -0.39 is 12.0 Å². The first-order valence-corrected chi connectivity index (χ1v) is 12.1. The zero-order valence-electron chi connectivity index (χ0n) is 19.8. The molecule has 1 N–H and O–H groups in total. The van der Waals surface area contributed by atoms with Crippen molar-refractivity contribution in [3.8, 4) is 5.75 Å². The Morgan fingerprint density at radius 2 is 1.83 bits per heavy atom. The molecule has 0 spiro atoms. The van der Waals surface area contributed by atoms with Gasteiger partial charge in [0.25, 0.3) is 5.56 Å². The molecule has 1 atom stereocenters. The van der Waals surface area contributed by atoms with Gasteiger partial charge in [-0.05, 0) is 73.4 Å². The minimum atomic E-state index is -0.719. The molecule has 9 heteroatoms. The fourth-order valence-electron chi connectivity index (χ4n) is 4.06. The molecule has 0 amide bonds. The maximum Gasteiger partial charge on any atom is 0.338 e. The Balaban J connectivity index is 1.89. The minimum Gasteiger partial charge on any atom is -0.507 e. The number of benzene rings is 2. The highest BCUT2D eigenvalue weighted by Crippen LogP contribution is 2.31. The topological polar surface area (TPSA) is 90.1 Å². The van der Waals surface area contributed by atoms with E-state index in [4.69, 9.17) is 21.1 Å². The van der Waals surface area contributed by atoms with Gasteiger partial charge in [0, 0.05) is 12.1 Å². The molecule has 1 aromatic heterocycles. The number of carbonyl (C=O) groups is 1. The summed E-state index contributed by atoms with van der Waals surface area (Å²) in [6, 6.07) is 9.94. The summed E-state index contributed by atoms with van der Waals surface area (Å²) < 4.78 is 12.4. The molecule has 7 nitrogen and oxygen atoms in total. The van der Waals surface area contributed by atoms with Gasteiger partial charge in [-0.2, -0.15) is 0 Å². The monoisotopic (exact) mass is 512 g/mol. The number of methoxy groups -OCH3 is 1. The predicted molar refractivity (Wildman–Crippen MR) is 136 cm³/mol. The lowest BCUT2D eigenvalue weighted by molar-refractivity contribution is -0.140. The van der Waals surface area contributed by atoms with Gasteiger partial charge >= 0.3 is 5.97 Å². The summed E-state index contributed by atoms with van der Waals surface area (Å²) in [5, 5.41) is 10.6. The van der Waals surface area contributed by atoms with Gasteiger partial charge in [-0.15, -0.1) is 0 Å². The van der Waals surface area contributed by atoms with Gasteiger partial charge in [-0.25, -0.2) is 9.79 Å². The number of carbonyl (C=O) groups excluding carboxylic acids is 1. The van der Waals surface area contributed by atoms with Gasteiger partial charge < -0.3 is 14.6 Å². The van der Waals surface area contributed by atoms with Crippen LogP contribution in [0.4, 0.5) is 0 Å². The summed E-state index contributed by atoms with van der Waals surface area (Å²) in [5.41, 5.74) is 3.45. The van der Waals surface area contributed by atoms with Crippen LogP contribution >= 0.6 is 22.9 Å². The number of nitrogens with zero attached hydrogens (tertiary/aromatic N) is 2. The molecule has 35 heavy (non-hydrogen) atoms. The van der Waals surface area contributed by atoms with E-state index in [1.807, 2.05) is 26.0 Å². The van der Waals surface area contributed by atoms with Crippen LogP contribution in [-0.4, -0.2) is 36.0 Å². The highest BCUT2D eigenvalue weighted by atomic mass is 35.5. The Hall–Kier alpha value is -3.20. The van der Waals surface area contributed by atoms with Crippen LogP contribution in [0.25, 0.3) is 6.08 Å². The second-order valence-electron chi connectivity index (χ2n) is 8.27. The zero-order chi connectivity index (χ0) is 25.3. The molecular weight excluding hydrogens is 488 g/mol. The Labute approximate surface area is 211 Å². The molecule has 0 radical (unpaired) electrons. The van der Waals surface area contributed by atoms with Gasteiger partial charge in [0.05, 0.1) is 28.5 Å². The summed E-state index contributed by atoms with van der Waals surface area (Å²) in [6.07, 6.45) is 1.78. The SMILES string of the molecule is COCCOC(=O)C1=C(C)N=c2sc(=Cc3cc(C)c(O)c(C)c3)c(=O)n2C1c1ccc(Cl)cc1.